The zero-order chi connectivity index (χ0) is 12.7. The van der Waals surface area contributed by atoms with Crippen LogP contribution in [0.1, 0.15) is 25.3 Å². The predicted octanol–water partition coefficient (Wildman–Crippen LogP) is 3.06. The number of halogens is 1. The molecule has 2 nitrogen and oxygen atoms in total. The minimum atomic E-state index is -0.318. The highest BCUT2D eigenvalue weighted by Gasteiger charge is 2.10. The summed E-state index contributed by atoms with van der Waals surface area (Å²) in [5, 5.41) is 0. The van der Waals surface area contributed by atoms with E-state index in [0.29, 0.717) is 18.8 Å². The third kappa shape index (κ3) is 4.57. The number of rotatable bonds is 7. The Labute approximate surface area is 102 Å². The molecule has 0 bridgehead atoms. The monoisotopic (exact) mass is 237 g/mol. The lowest BCUT2D eigenvalue weighted by atomic mass is 10.1. The second kappa shape index (κ2) is 7.07. The van der Waals surface area contributed by atoms with E-state index in [1.807, 2.05) is 19.1 Å². The Morgan fingerprint density at radius 3 is 2.94 bits per heavy atom. The first-order chi connectivity index (χ1) is 8.15. The number of hydrogen-bond donors (Lipinski definition) is 1. The summed E-state index contributed by atoms with van der Waals surface area (Å²) in [6, 6.07) is 4.94. The molecule has 0 aliphatic heterocycles. The van der Waals surface area contributed by atoms with Crippen molar-refractivity contribution in [2.45, 2.75) is 32.2 Å². The van der Waals surface area contributed by atoms with Gasteiger partial charge in [-0.3, -0.25) is 0 Å². The van der Waals surface area contributed by atoms with Crippen molar-refractivity contribution in [2.24, 2.45) is 5.73 Å². The summed E-state index contributed by atoms with van der Waals surface area (Å²) in [4.78, 5) is 0. The Morgan fingerprint density at radius 1 is 1.53 bits per heavy atom. The van der Waals surface area contributed by atoms with Gasteiger partial charge in [0, 0.05) is 6.04 Å². The van der Waals surface area contributed by atoms with Crippen molar-refractivity contribution >= 4 is 0 Å². The van der Waals surface area contributed by atoms with Crippen LogP contribution in [0.5, 0.6) is 5.75 Å². The molecule has 0 fully saturated rings. The number of ether oxygens (including phenoxy) is 1. The fourth-order valence-corrected chi connectivity index (χ4v) is 1.62. The van der Waals surface area contributed by atoms with Crippen molar-refractivity contribution in [3.05, 3.63) is 42.2 Å². The van der Waals surface area contributed by atoms with Gasteiger partial charge >= 0.3 is 0 Å². The Balaban J connectivity index is 2.69. The van der Waals surface area contributed by atoms with Crippen LogP contribution in [0.4, 0.5) is 4.39 Å². The van der Waals surface area contributed by atoms with Gasteiger partial charge in [0.15, 0.2) is 11.6 Å². The Bertz CT molecular complexity index is 363. The molecule has 0 aliphatic rings. The van der Waals surface area contributed by atoms with Crippen LogP contribution in [0.15, 0.2) is 30.9 Å². The minimum Gasteiger partial charge on any atom is -0.490 e. The number of para-hydroxylation sites is 1. The topological polar surface area (TPSA) is 35.2 Å². The lowest BCUT2D eigenvalue weighted by Crippen LogP contribution is -2.18. The SMILES string of the molecule is C=CCCCOc1c(F)cccc1CC(C)N. The van der Waals surface area contributed by atoms with E-state index in [4.69, 9.17) is 10.5 Å². The summed E-state index contributed by atoms with van der Waals surface area (Å²) in [7, 11) is 0. The molecule has 1 aromatic rings. The summed E-state index contributed by atoms with van der Waals surface area (Å²) in [5.41, 5.74) is 6.56. The van der Waals surface area contributed by atoms with Crippen molar-refractivity contribution in [3.63, 3.8) is 0 Å². The Morgan fingerprint density at radius 2 is 2.29 bits per heavy atom. The second-order valence-corrected chi connectivity index (χ2v) is 4.19. The normalized spacial score (nSPS) is 12.2. The van der Waals surface area contributed by atoms with E-state index in [2.05, 4.69) is 6.58 Å². The van der Waals surface area contributed by atoms with Crippen LogP contribution >= 0.6 is 0 Å². The van der Waals surface area contributed by atoms with Crippen LogP contribution in [0.3, 0.4) is 0 Å². The molecule has 17 heavy (non-hydrogen) atoms. The molecule has 1 unspecified atom stereocenters. The van der Waals surface area contributed by atoms with Gasteiger partial charge in [0.25, 0.3) is 0 Å². The fourth-order valence-electron chi connectivity index (χ4n) is 1.62. The first-order valence-electron chi connectivity index (χ1n) is 5.91. The molecule has 94 valence electrons. The van der Waals surface area contributed by atoms with Crippen LogP contribution in [0.25, 0.3) is 0 Å². The molecule has 1 rings (SSSR count). The van der Waals surface area contributed by atoms with Gasteiger partial charge in [-0.1, -0.05) is 18.2 Å². The standard InChI is InChI=1S/C14H20FNO/c1-3-4-5-9-17-14-12(10-11(2)16)7-6-8-13(14)15/h3,6-8,11H,1,4-5,9-10,16H2,2H3. The van der Waals surface area contributed by atoms with Gasteiger partial charge in [-0.2, -0.15) is 0 Å². The maximum Gasteiger partial charge on any atom is 0.165 e. The van der Waals surface area contributed by atoms with E-state index in [-0.39, 0.29) is 11.9 Å². The summed E-state index contributed by atoms with van der Waals surface area (Å²) >= 11 is 0. The number of allylic oxidation sites excluding steroid dienone is 1. The molecular formula is C14H20FNO. The lowest BCUT2D eigenvalue weighted by Gasteiger charge is -2.13. The number of nitrogens with two attached hydrogens (primary N) is 1. The number of benzene rings is 1. The van der Waals surface area contributed by atoms with E-state index in [1.54, 1.807) is 6.07 Å². The van der Waals surface area contributed by atoms with Gasteiger partial charge in [-0.15, -0.1) is 6.58 Å². The average molecular weight is 237 g/mol. The zero-order valence-corrected chi connectivity index (χ0v) is 10.3. The molecule has 0 amide bonds. The van der Waals surface area contributed by atoms with Crippen molar-refractivity contribution < 1.29 is 9.13 Å². The van der Waals surface area contributed by atoms with Gasteiger partial charge in [0.1, 0.15) is 0 Å². The molecule has 0 radical (unpaired) electrons. The van der Waals surface area contributed by atoms with E-state index in [0.717, 1.165) is 18.4 Å². The summed E-state index contributed by atoms with van der Waals surface area (Å²) in [6.07, 6.45) is 4.16. The van der Waals surface area contributed by atoms with Crippen LogP contribution in [-0.4, -0.2) is 12.6 Å². The van der Waals surface area contributed by atoms with Crippen molar-refractivity contribution in [3.8, 4) is 5.75 Å². The molecular weight excluding hydrogens is 217 g/mol. The van der Waals surface area contributed by atoms with Crippen LogP contribution < -0.4 is 10.5 Å². The molecule has 0 saturated heterocycles. The van der Waals surface area contributed by atoms with Gasteiger partial charge < -0.3 is 10.5 Å². The van der Waals surface area contributed by atoms with Gasteiger partial charge in [-0.25, -0.2) is 4.39 Å². The van der Waals surface area contributed by atoms with E-state index >= 15 is 0 Å². The highest BCUT2D eigenvalue weighted by Crippen LogP contribution is 2.24. The second-order valence-electron chi connectivity index (χ2n) is 4.19. The molecule has 0 spiro atoms. The largest absolute Gasteiger partial charge is 0.490 e. The molecule has 1 aromatic carbocycles. The molecule has 0 saturated carbocycles. The molecule has 0 aromatic heterocycles. The van der Waals surface area contributed by atoms with Crippen LogP contribution in [-0.2, 0) is 6.42 Å². The summed E-state index contributed by atoms with van der Waals surface area (Å²) in [5.74, 6) is 0.0237. The van der Waals surface area contributed by atoms with Crippen molar-refractivity contribution in [1.29, 1.82) is 0 Å². The molecule has 1 atom stereocenters. The van der Waals surface area contributed by atoms with E-state index in [9.17, 15) is 4.39 Å². The Hall–Kier alpha value is -1.35. The summed E-state index contributed by atoms with van der Waals surface area (Å²) in [6.45, 7) is 6.03. The molecule has 2 N–H and O–H groups in total. The van der Waals surface area contributed by atoms with E-state index < -0.39 is 0 Å². The highest BCUT2D eigenvalue weighted by atomic mass is 19.1. The first-order valence-corrected chi connectivity index (χ1v) is 5.91. The maximum absolute atomic E-state index is 13.6. The highest BCUT2D eigenvalue weighted by molar-refractivity contribution is 5.35. The smallest absolute Gasteiger partial charge is 0.165 e. The zero-order valence-electron chi connectivity index (χ0n) is 10.3. The Kier molecular flexibility index (Phi) is 5.70. The maximum atomic E-state index is 13.6. The third-order valence-electron chi connectivity index (χ3n) is 2.39. The quantitative estimate of drug-likeness (QED) is 0.584. The first kappa shape index (κ1) is 13.7. The van der Waals surface area contributed by atoms with Crippen molar-refractivity contribution in [2.75, 3.05) is 6.61 Å². The number of hydrogen-bond acceptors (Lipinski definition) is 2. The summed E-state index contributed by atoms with van der Waals surface area (Å²) < 4.78 is 19.1. The molecule has 0 heterocycles. The van der Waals surface area contributed by atoms with Crippen LogP contribution in [0, 0.1) is 5.82 Å². The third-order valence-corrected chi connectivity index (χ3v) is 2.39. The molecule has 3 heteroatoms. The predicted molar refractivity (Wildman–Crippen MR) is 68.7 cm³/mol. The fraction of sp³-hybridized carbons (Fsp3) is 0.429. The number of unbranched alkanes of at least 4 members (excludes halogenated alkanes) is 1. The van der Waals surface area contributed by atoms with E-state index in [1.165, 1.54) is 6.07 Å². The van der Waals surface area contributed by atoms with Crippen LogP contribution in [0.2, 0.25) is 0 Å². The van der Waals surface area contributed by atoms with Gasteiger partial charge in [-0.05, 0) is 37.8 Å². The van der Waals surface area contributed by atoms with Crippen molar-refractivity contribution in [1.82, 2.24) is 0 Å². The van der Waals surface area contributed by atoms with Gasteiger partial charge in [0.05, 0.1) is 6.61 Å². The molecule has 0 aliphatic carbocycles. The lowest BCUT2D eigenvalue weighted by molar-refractivity contribution is 0.293. The van der Waals surface area contributed by atoms with Gasteiger partial charge in [0.2, 0.25) is 0 Å². The average Bonchev–Trinajstić information content (AvgIpc) is 2.26. The minimum absolute atomic E-state index is 0.00711.